The number of nitrogens with zero attached hydrogens (tertiary/aromatic N) is 1. The Balaban J connectivity index is 1.84. The van der Waals surface area contributed by atoms with Crippen LogP contribution in [-0.2, 0) is 0 Å². The average molecular weight is 431 g/mol. The topological polar surface area (TPSA) is 37.0 Å². The Morgan fingerprint density at radius 2 is 1.46 bits per heavy atom. The van der Waals surface area contributed by atoms with E-state index in [1.807, 2.05) is 42.5 Å². The lowest BCUT2D eigenvalue weighted by Gasteiger charge is -2.15. The van der Waals surface area contributed by atoms with Crippen LogP contribution in [0.15, 0.2) is 54.6 Å². The van der Waals surface area contributed by atoms with Gasteiger partial charge in [0.25, 0.3) is 0 Å². The molecule has 6 heteroatoms. The van der Waals surface area contributed by atoms with E-state index < -0.39 is 0 Å². The molecule has 142 valence electrons. The van der Waals surface area contributed by atoms with E-state index in [1.165, 1.54) is 0 Å². The standard InChI is InChI=1S/C22H18Cl3N3/c1-2-9-26-22-16-10-13(23)3-7-20(16)28-21-8-5-14(11-17(21)22)27-15-4-6-18(24)19(25)12-15/h3-8,10-12,27H,2,9H2,1H3,(H,26,28). The van der Waals surface area contributed by atoms with Gasteiger partial charge in [0.15, 0.2) is 0 Å². The van der Waals surface area contributed by atoms with Crippen LogP contribution >= 0.6 is 34.8 Å². The first-order valence-corrected chi connectivity index (χ1v) is 10.2. The van der Waals surface area contributed by atoms with E-state index in [2.05, 4.69) is 23.6 Å². The molecular formula is C22H18Cl3N3. The SMILES string of the molecule is CCCNc1c2cc(Cl)ccc2nc2ccc(Nc3ccc(Cl)c(Cl)c3)cc12. The fraction of sp³-hybridized carbons (Fsp3) is 0.136. The summed E-state index contributed by atoms with van der Waals surface area (Å²) >= 11 is 18.4. The van der Waals surface area contributed by atoms with Gasteiger partial charge in [-0.25, -0.2) is 4.98 Å². The lowest BCUT2D eigenvalue weighted by molar-refractivity contribution is 0.983. The molecule has 0 amide bonds. The first kappa shape index (κ1) is 19.1. The summed E-state index contributed by atoms with van der Waals surface area (Å²) in [6.07, 6.45) is 1.02. The maximum absolute atomic E-state index is 6.25. The minimum absolute atomic E-state index is 0.514. The molecule has 0 fully saturated rings. The van der Waals surface area contributed by atoms with Crippen molar-refractivity contribution in [2.45, 2.75) is 13.3 Å². The van der Waals surface area contributed by atoms with Crippen molar-refractivity contribution in [3.63, 3.8) is 0 Å². The van der Waals surface area contributed by atoms with Crippen LogP contribution in [0.5, 0.6) is 0 Å². The Morgan fingerprint density at radius 1 is 0.786 bits per heavy atom. The summed E-state index contributed by atoms with van der Waals surface area (Å²) in [7, 11) is 0. The summed E-state index contributed by atoms with van der Waals surface area (Å²) in [6.45, 7) is 3.01. The van der Waals surface area contributed by atoms with Gasteiger partial charge in [0.2, 0.25) is 0 Å². The van der Waals surface area contributed by atoms with Gasteiger partial charge in [-0.15, -0.1) is 0 Å². The fourth-order valence-corrected chi connectivity index (χ4v) is 3.64. The number of halogens is 3. The highest BCUT2D eigenvalue weighted by Crippen LogP contribution is 2.35. The first-order valence-electron chi connectivity index (χ1n) is 9.04. The Morgan fingerprint density at radius 3 is 2.21 bits per heavy atom. The van der Waals surface area contributed by atoms with Crippen molar-refractivity contribution >= 4 is 73.7 Å². The number of benzene rings is 3. The summed E-state index contributed by atoms with van der Waals surface area (Å²) in [5.41, 5.74) is 4.69. The molecule has 0 radical (unpaired) electrons. The van der Waals surface area contributed by atoms with Gasteiger partial charge in [-0.3, -0.25) is 0 Å². The summed E-state index contributed by atoms with van der Waals surface area (Å²) in [5.74, 6) is 0. The highest BCUT2D eigenvalue weighted by molar-refractivity contribution is 6.42. The van der Waals surface area contributed by atoms with E-state index in [4.69, 9.17) is 39.8 Å². The van der Waals surface area contributed by atoms with Crippen LogP contribution in [-0.4, -0.2) is 11.5 Å². The Labute approximate surface area is 178 Å². The van der Waals surface area contributed by atoms with E-state index in [-0.39, 0.29) is 0 Å². The second-order valence-electron chi connectivity index (χ2n) is 6.56. The smallest absolute Gasteiger partial charge is 0.0732 e. The largest absolute Gasteiger partial charge is 0.384 e. The van der Waals surface area contributed by atoms with Gasteiger partial charge in [0.1, 0.15) is 0 Å². The molecule has 0 saturated heterocycles. The van der Waals surface area contributed by atoms with Crippen molar-refractivity contribution in [3.05, 3.63) is 69.7 Å². The summed E-state index contributed by atoms with van der Waals surface area (Å²) in [4.78, 5) is 4.80. The second kappa shape index (κ2) is 8.04. The van der Waals surface area contributed by atoms with Crippen LogP contribution in [0, 0.1) is 0 Å². The molecule has 4 rings (SSSR count). The maximum atomic E-state index is 6.25. The van der Waals surface area contributed by atoms with Gasteiger partial charge in [-0.2, -0.15) is 0 Å². The van der Waals surface area contributed by atoms with E-state index >= 15 is 0 Å². The molecule has 0 atom stereocenters. The lowest BCUT2D eigenvalue weighted by Crippen LogP contribution is -2.02. The molecule has 0 aliphatic rings. The number of pyridine rings is 1. The molecular weight excluding hydrogens is 413 g/mol. The molecule has 3 aromatic carbocycles. The van der Waals surface area contributed by atoms with Crippen molar-refractivity contribution < 1.29 is 0 Å². The number of rotatable bonds is 5. The highest BCUT2D eigenvalue weighted by atomic mass is 35.5. The van der Waals surface area contributed by atoms with Crippen molar-refractivity contribution in [1.29, 1.82) is 0 Å². The van der Waals surface area contributed by atoms with Crippen molar-refractivity contribution in [3.8, 4) is 0 Å². The second-order valence-corrected chi connectivity index (χ2v) is 7.81. The predicted octanol–water partition coefficient (Wildman–Crippen LogP) is 7.91. The Bertz CT molecular complexity index is 1170. The zero-order valence-corrected chi connectivity index (χ0v) is 17.5. The number of hydrogen-bond acceptors (Lipinski definition) is 3. The average Bonchev–Trinajstić information content (AvgIpc) is 2.68. The van der Waals surface area contributed by atoms with E-state index in [1.54, 1.807) is 6.07 Å². The molecule has 0 bridgehead atoms. The Kier molecular flexibility index (Phi) is 5.49. The van der Waals surface area contributed by atoms with Crippen LogP contribution in [0.1, 0.15) is 13.3 Å². The van der Waals surface area contributed by atoms with E-state index in [0.29, 0.717) is 15.1 Å². The number of hydrogen-bond donors (Lipinski definition) is 2. The van der Waals surface area contributed by atoms with E-state index in [9.17, 15) is 0 Å². The van der Waals surface area contributed by atoms with Crippen LogP contribution in [0.3, 0.4) is 0 Å². The van der Waals surface area contributed by atoms with Crippen LogP contribution in [0.4, 0.5) is 17.1 Å². The monoisotopic (exact) mass is 429 g/mol. The van der Waals surface area contributed by atoms with Gasteiger partial charge in [-0.05, 0) is 61.0 Å². The number of aromatic nitrogens is 1. The normalized spacial score (nSPS) is 11.1. The van der Waals surface area contributed by atoms with Gasteiger partial charge in [-0.1, -0.05) is 41.7 Å². The number of fused-ring (bicyclic) bond motifs is 2. The van der Waals surface area contributed by atoms with E-state index in [0.717, 1.165) is 51.8 Å². The highest BCUT2D eigenvalue weighted by Gasteiger charge is 2.11. The van der Waals surface area contributed by atoms with Gasteiger partial charge in [0, 0.05) is 33.7 Å². The number of nitrogens with one attached hydrogen (secondary N) is 2. The van der Waals surface area contributed by atoms with Gasteiger partial charge >= 0.3 is 0 Å². The molecule has 1 aromatic heterocycles. The minimum Gasteiger partial charge on any atom is -0.384 e. The van der Waals surface area contributed by atoms with Crippen molar-refractivity contribution in [2.75, 3.05) is 17.2 Å². The van der Waals surface area contributed by atoms with Gasteiger partial charge < -0.3 is 10.6 Å². The molecule has 2 N–H and O–H groups in total. The third-order valence-corrected chi connectivity index (χ3v) is 5.47. The van der Waals surface area contributed by atoms with Crippen LogP contribution in [0.2, 0.25) is 15.1 Å². The molecule has 1 heterocycles. The molecule has 0 aliphatic heterocycles. The fourth-order valence-electron chi connectivity index (χ4n) is 3.17. The molecule has 3 nitrogen and oxygen atoms in total. The van der Waals surface area contributed by atoms with Crippen molar-refractivity contribution in [1.82, 2.24) is 4.98 Å². The first-order chi connectivity index (χ1) is 13.5. The minimum atomic E-state index is 0.514. The van der Waals surface area contributed by atoms with Crippen molar-refractivity contribution in [2.24, 2.45) is 0 Å². The molecule has 4 aromatic rings. The quantitative estimate of drug-likeness (QED) is 0.316. The molecule has 0 spiro atoms. The van der Waals surface area contributed by atoms with Crippen LogP contribution < -0.4 is 10.6 Å². The third kappa shape index (κ3) is 3.83. The molecule has 0 unspecified atom stereocenters. The molecule has 28 heavy (non-hydrogen) atoms. The lowest BCUT2D eigenvalue weighted by atomic mass is 10.1. The molecule has 0 saturated carbocycles. The summed E-state index contributed by atoms with van der Waals surface area (Å²) in [6, 6.07) is 17.4. The zero-order chi connectivity index (χ0) is 19.7. The summed E-state index contributed by atoms with van der Waals surface area (Å²) < 4.78 is 0. The predicted molar refractivity (Wildman–Crippen MR) is 123 cm³/mol. The zero-order valence-electron chi connectivity index (χ0n) is 15.2. The molecule has 0 aliphatic carbocycles. The summed E-state index contributed by atoms with van der Waals surface area (Å²) in [5, 5.41) is 10.7. The Hall–Kier alpha value is -2.20. The van der Waals surface area contributed by atoms with Crippen LogP contribution in [0.25, 0.3) is 21.8 Å². The number of anilines is 3. The third-order valence-electron chi connectivity index (χ3n) is 4.49. The maximum Gasteiger partial charge on any atom is 0.0732 e. The van der Waals surface area contributed by atoms with Gasteiger partial charge in [0.05, 0.1) is 26.8 Å².